The minimum atomic E-state index is -0.486. The Balaban J connectivity index is 1.72. The Morgan fingerprint density at radius 2 is 1.88 bits per heavy atom. The average molecular weight is 367 g/mol. The van der Waals surface area contributed by atoms with E-state index in [1.807, 2.05) is 18.2 Å². The van der Waals surface area contributed by atoms with Gasteiger partial charge in [-0.1, -0.05) is 58.7 Å². The van der Waals surface area contributed by atoms with E-state index in [9.17, 15) is 4.79 Å². The van der Waals surface area contributed by atoms with Gasteiger partial charge in [-0.25, -0.2) is 4.79 Å². The van der Waals surface area contributed by atoms with Crippen LogP contribution in [-0.4, -0.2) is 18.4 Å². The highest BCUT2D eigenvalue weighted by Gasteiger charge is 2.06. The molecule has 126 valence electrons. The van der Waals surface area contributed by atoms with Crippen LogP contribution in [-0.2, 0) is 9.63 Å². The molecule has 0 bridgehead atoms. The van der Waals surface area contributed by atoms with Crippen LogP contribution in [0, 0.1) is 0 Å². The van der Waals surface area contributed by atoms with Crippen molar-refractivity contribution in [1.82, 2.24) is 0 Å². The molecule has 0 aromatic heterocycles. The fourth-order valence-electron chi connectivity index (χ4n) is 1.80. The lowest BCUT2D eigenvalue weighted by Crippen LogP contribution is -2.15. The second-order valence-electron chi connectivity index (χ2n) is 4.83. The third-order valence-electron chi connectivity index (χ3n) is 2.99. The van der Waals surface area contributed by atoms with E-state index in [1.54, 1.807) is 30.3 Å². The Labute approximate surface area is 149 Å². The molecule has 0 saturated heterocycles. The summed E-state index contributed by atoms with van der Waals surface area (Å²) in [5, 5.41) is 4.58. The van der Waals surface area contributed by atoms with E-state index < -0.39 is 5.97 Å². The second-order valence-corrected chi connectivity index (χ2v) is 5.68. The van der Waals surface area contributed by atoms with Gasteiger partial charge in [-0.3, -0.25) is 0 Å². The zero-order valence-electron chi connectivity index (χ0n) is 12.7. The highest BCUT2D eigenvalue weighted by atomic mass is 35.5. The van der Waals surface area contributed by atoms with Gasteiger partial charge in [-0.05, 0) is 24.6 Å². The molecule has 0 saturated carbocycles. The Morgan fingerprint density at radius 3 is 2.58 bits per heavy atom. The summed E-state index contributed by atoms with van der Waals surface area (Å²) >= 11 is 11.8. The van der Waals surface area contributed by atoms with Crippen LogP contribution in [0.2, 0.25) is 10.0 Å². The van der Waals surface area contributed by atoms with Crippen LogP contribution in [0.3, 0.4) is 0 Å². The van der Waals surface area contributed by atoms with Crippen LogP contribution in [0.5, 0.6) is 5.75 Å². The van der Waals surface area contributed by atoms with Gasteiger partial charge in [-0.2, -0.15) is 0 Å². The molecule has 0 fully saturated rings. The molecule has 0 heterocycles. The summed E-state index contributed by atoms with van der Waals surface area (Å²) in [5.74, 6) is 0.175. The lowest BCUT2D eigenvalue weighted by Gasteiger charge is -2.07. The van der Waals surface area contributed by atoms with Crippen LogP contribution in [0.25, 0.3) is 0 Å². The number of benzene rings is 2. The van der Waals surface area contributed by atoms with Crippen molar-refractivity contribution in [3.63, 3.8) is 0 Å². The number of hydrogen-bond acceptors (Lipinski definition) is 4. The third kappa shape index (κ3) is 5.76. The molecule has 0 radical (unpaired) electrons. The number of nitrogens with zero attached hydrogens (tertiary/aromatic N) is 1. The number of amidine groups is 1. The van der Waals surface area contributed by atoms with E-state index >= 15 is 0 Å². The molecule has 2 N–H and O–H groups in total. The van der Waals surface area contributed by atoms with E-state index in [1.165, 1.54) is 0 Å². The van der Waals surface area contributed by atoms with Crippen molar-refractivity contribution in [1.29, 1.82) is 0 Å². The molecular weight excluding hydrogens is 351 g/mol. The molecule has 0 unspecified atom stereocenters. The maximum absolute atomic E-state index is 11.6. The molecule has 0 aliphatic rings. The number of hydrogen-bond donors (Lipinski definition) is 1. The van der Waals surface area contributed by atoms with Gasteiger partial charge in [0.1, 0.15) is 5.75 Å². The summed E-state index contributed by atoms with van der Waals surface area (Å²) in [6, 6.07) is 14.0. The number of halogens is 2. The monoisotopic (exact) mass is 366 g/mol. The lowest BCUT2D eigenvalue weighted by atomic mass is 10.2. The highest BCUT2D eigenvalue weighted by molar-refractivity contribution is 6.35. The standard InChI is InChI=1S/C17H16Cl2N2O3/c18-13-8-9-15(14(19)11-13)23-10-4-7-16(22)24-21-17(20)12-5-2-1-3-6-12/h1-3,5-6,8-9,11H,4,7,10H2,(H2,20,21). The Kier molecular flexibility index (Phi) is 6.90. The third-order valence-corrected chi connectivity index (χ3v) is 3.52. The van der Waals surface area contributed by atoms with Gasteiger partial charge in [0.2, 0.25) is 0 Å². The number of carbonyl (C=O) groups is 1. The summed E-state index contributed by atoms with van der Waals surface area (Å²) in [4.78, 5) is 16.4. The number of nitrogens with two attached hydrogens (primary N) is 1. The quantitative estimate of drug-likeness (QED) is 0.264. The van der Waals surface area contributed by atoms with Gasteiger partial charge in [0.05, 0.1) is 18.1 Å². The van der Waals surface area contributed by atoms with Crippen molar-refractivity contribution in [3.05, 3.63) is 64.1 Å². The van der Waals surface area contributed by atoms with E-state index in [-0.39, 0.29) is 12.3 Å². The fraction of sp³-hybridized carbons (Fsp3) is 0.176. The maximum atomic E-state index is 11.6. The number of oxime groups is 1. The van der Waals surface area contributed by atoms with Crippen LogP contribution in [0.15, 0.2) is 53.7 Å². The topological polar surface area (TPSA) is 73.9 Å². The minimum Gasteiger partial charge on any atom is -0.492 e. The Morgan fingerprint density at radius 1 is 1.12 bits per heavy atom. The molecule has 5 nitrogen and oxygen atoms in total. The molecule has 2 aromatic carbocycles. The Bertz CT molecular complexity index is 721. The Hall–Kier alpha value is -2.24. The van der Waals surface area contributed by atoms with E-state index in [4.69, 9.17) is 38.5 Å². The van der Waals surface area contributed by atoms with Crippen LogP contribution in [0.4, 0.5) is 0 Å². The van der Waals surface area contributed by atoms with E-state index in [0.717, 1.165) is 0 Å². The van der Waals surface area contributed by atoms with Gasteiger partial charge >= 0.3 is 5.97 Å². The predicted octanol–water partition coefficient (Wildman–Crippen LogP) is 4.02. The zero-order valence-corrected chi connectivity index (χ0v) is 14.3. The predicted molar refractivity (Wildman–Crippen MR) is 94.4 cm³/mol. The molecule has 2 aromatic rings. The summed E-state index contributed by atoms with van der Waals surface area (Å²) in [6.07, 6.45) is 0.606. The fourth-order valence-corrected chi connectivity index (χ4v) is 2.26. The summed E-state index contributed by atoms with van der Waals surface area (Å²) < 4.78 is 5.48. The smallest absolute Gasteiger partial charge is 0.335 e. The van der Waals surface area contributed by atoms with Gasteiger partial charge in [0.25, 0.3) is 0 Å². The van der Waals surface area contributed by atoms with Crippen molar-refractivity contribution in [3.8, 4) is 5.75 Å². The van der Waals surface area contributed by atoms with Crippen molar-refractivity contribution >= 4 is 35.0 Å². The number of ether oxygens (including phenoxy) is 1. The van der Waals surface area contributed by atoms with E-state index in [0.29, 0.717) is 34.4 Å². The normalized spacial score (nSPS) is 11.2. The largest absolute Gasteiger partial charge is 0.492 e. The molecule has 0 aliphatic carbocycles. The van der Waals surface area contributed by atoms with Crippen molar-refractivity contribution in [2.75, 3.05) is 6.61 Å². The van der Waals surface area contributed by atoms with Crippen LogP contribution < -0.4 is 10.5 Å². The first-order valence-electron chi connectivity index (χ1n) is 7.23. The molecular formula is C17H16Cl2N2O3. The molecule has 0 amide bonds. The first-order valence-corrected chi connectivity index (χ1v) is 7.98. The molecule has 24 heavy (non-hydrogen) atoms. The highest BCUT2D eigenvalue weighted by Crippen LogP contribution is 2.27. The molecule has 0 aliphatic heterocycles. The first-order chi connectivity index (χ1) is 11.6. The average Bonchev–Trinajstić information content (AvgIpc) is 2.59. The van der Waals surface area contributed by atoms with Crippen molar-refractivity contribution in [2.45, 2.75) is 12.8 Å². The molecule has 2 rings (SSSR count). The number of carbonyl (C=O) groups excluding carboxylic acids is 1. The van der Waals surface area contributed by atoms with Gasteiger partial charge in [0.15, 0.2) is 5.84 Å². The second kappa shape index (κ2) is 9.15. The van der Waals surface area contributed by atoms with Crippen molar-refractivity contribution < 1.29 is 14.4 Å². The van der Waals surface area contributed by atoms with Gasteiger partial charge < -0.3 is 15.3 Å². The summed E-state index contributed by atoms with van der Waals surface area (Å²) in [6.45, 7) is 0.314. The summed E-state index contributed by atoms with van der Waals surface area (Å²) in [7, 11) is 0. The van der Waals surface area contributed by atoms with Crippen LogP contribution >= 0.6 is 23.2 Å². The lowest BCUT2D eigenvalue weighted by molar-refractivity contribution is -0.143. The SMILES string of the molecule is N/C(=N\OC(=O)CCCOc1ccc(Cl)cc1Cl)c1ccccc1. The molecule has 0 atom stereocenters. The van der Waals surface area contributed by atoms with E-state index in [2.05, 4.69) is 5.16 Å². The maximum Gasteiger partial charge on any atom is 0.335 e. The summed E-state index contributed by atoms with van der Waals surface area (Å²) in [5.41, 5.74) is 6.41. The zero-order chi connectivity index (χ0) is 17.4. The number of rotatable bonds is 7. The van der Waals surface area contributed by atoms with Gasteiger partial charge in [0, 0.05) is 10.6 Å². The first kappa shape index (κ1) is 18.1. The van der Waals surface area contributed by atoms with Crippen molar-refractivity contribution in [2.24, 2.45) is 10.9 Å². The molecule has 0 spiro atoms. The van der Waals surface area contributed by atoms with Gasteiger partial charge in [-0.15, -0.1) is 0 Å². The van der Waals surface area contributed by atoms with Crippen LogP contribution in [0.1, 0.15) is 18.4 Å². The molecule has 7 heteroatoms. The minimum absolute atomic E-state index is 0.146.